The molecule has 0 radical (unpaired) electrons. The van der Waals surface area contributed by atoms with Gasteiger partial charge in [0.1, 0.15) is 0 Å². The van der Waals surface area contributed by atoms with E-state index in [1.807, 2.05) is 32.0 Å². The molecule has 0 aliphatic carbocycles. The van der Waals surface area contributed by atoms with E-state index in [1.54, 1.807) is 37.1 Å². The molecule has 27 heavy (non-hydrogen) atoms. The second kappa shape index (κ2) is 9.22. The predicted octanol–water partition coefficient (Wildman–Crippen LogP) is 4.51. The summed E-state index contributed by atoms with van der Waals surface area (Å²) in [5.74, 6) is -0.465. The number of hydrogen-bond acceptors (Lipinski definition) is 3. The van der Waals surface area contributed by atoms with Gasteiger partial charge in [-0.15, -0.1) is 0 Å². The molecular weight excluding hydrogens is 385 g/mol. The molecule has 2 amide bonds. The highest BCUT2D eigenvalue weighted by molar-refractivity contribution is 6.35. The van der Waals surface area contributed by atoms with E-state index in [4.69, 9.17) is 23.2 Å². The van der Waals surface area contributed by atoms with Crippen LogP contribution in [0.2, 0.25) is 10.0 Å². The fourth-order valence-corrected chi connectivity index (χ4v) is 2.81. The van der Waals surface area contributed by atoms with Crippen molar-refractivity contribution >= 4 is 46.4 Å². The molecule has 1 unspecified atom stereocenters. The molecule has 2 aromatic carbocycles. The lowest BCUT2D eigenvalue weighted by atomic mass is 10.1. The van der Waals surface area contributed by atoms with Crippen molar-refractivity contribution in [3.8, 4) is 0 Å². The van der Waals surface area contributed by atoms with Crippen LogP contribution in [0, 0.1) is 13.8 Å². The molecule has 5 nitrogen and oxygen atoms in total. The third kappa shape index (κ3) is 5.70. The molecule has 2 N–H and O–H groups in total. The van der Waals surface area contributed by atoms with Crippen LogP contribution in [0.5, 0.6) is 0 Å². The molecule has 0 fully saturated rings. The van der Waals surface area contributed by atoms with Gasteiger partial charge in [-0.1, -0.05) is 35.3 Å². The summed E-state index contributed by atoms with van der Waals surface area (Å²) in [5, 5.41) is 6.51. The lowest BCUT2D eigenvalue weighted by Crippen LogP contribution is -2.43. The molecule has 2 rings (SSSR count). The number of hydrogen-bond donors (Lipinski definition) is 2. The number of anilines is 2. The van der Waals surface area contributed by atoms with Gasteiger partial charge in [0.2, 0.25) is 11.8 Å². The molecule has 0 saturated heterocycles. The minimum absolute atomic E-state index is 0.0746. The van der Waals surface area contributed by atoms with Gasteiger partial charge in [-0.25, -0.2) is 0 Å². The number of benzene rings is 2. The number of amides is 2. The summed E-state index contributed by atoms with van der Waals surface area (Å²) in [6.07, 6.45) is 0. The van der Waals surface area contributed by atoms with Crippen molar-refractivity contribution in [2.45, 2.75) is 26.8 Å². The van der Waals surface area contributed by atoms with Gasteiger partial charge in [0.05, 0.1) is 23.3 Å². The monoisotopic (exact) mass is 407 g/mol. The van der Waals surface area contributed by atoms with Crippen molar-refractivity contribution in [3.63, 3.8) is 0 Å². The molecule has 0 aliphatic rings. The lowest BCUT2D eigenvalue weighted by molar-refractivity contribution is -0.122. The molecule has 0 aliphatic heterocycles. The van der Waals surface area contributed by atoms with Crippen molar-refractivity contribution in [3.05, 3.63) is 57.6 Å². The quantitative estimate of drug-likeness (QED) is 0.740. The predicted molar refractivity (Wildman–Crippen MR) is 112 cm³/mol. The Morgan fingerprint density at radius 1 is 1.07 bits per heavy atom. The third-order valence-electron chi connectivity index (χ3n) is 4.50. The average molecular weight is 408 g/mol. The third-order valence-corrected chi connectivity index (χ3v) is 5.06. The first-order valence-corrected chi connectivity index (χ1v) is 9.27. The van der Waals surface area contributed by atoms with Crippen molar-refractivity contribution in [2.75, 3.05) is 24.2 Å². The number of carbonyl (C=O) groups excluding carboxylic acids is 2. The number of likely N-dealkylation sites (N-methyl/N-ethyl adjacent to an activating group) is 1. The van der Waals surface area contributed by atoms with E-state index in [2.05, 4.69) is 10.6 Å². The number of nitrogens with zero attached hydrogens (tertiary/aromatic N) is 1. The SMILES string of the molecule is Cc1cccc(NC(=O)CN(C)C(C)C(=O)Nc2cc(Cl)ccc2Cl)c1C. The second-order valence-corrected chi connectivity index (χ2v) is 7.34. The van der Waals surface area contributed by atoms with Gasteiger partial charge in [-0.2, -0.15) is 0 Å². The van der Waals surface area contributed by atoms with Crippen LogP contribution in [0.4, 0.5) is 11.4 Å². The fourth-order valence-electron chi connectivity index (χ4n) is 2.47. The molecule has 0 saturated carbocycles. The van der Waals surface area contributed by atoms with E-state index in [0.717, 1.165) is 16.8 Å². The van der Waals surface area contributed by atoms with Gasteiger partial charge in [0.15, 0.2) is 0 Å². The average Bonchev–Trinajstić information content (AvgIpc) is 2.61. The molecule has 2 aromatic rings. The van der Waals surface area contributed by atoms with Crippen LogP contribution >= 0.6 is 23.2 Å². The highest BCUT2D eigenvalue weighted by Gasteiger charge is 2.21. The van der Waals surface area contributed by atoms with E-state index in [-0.39, 0.29) is 18.4 Å². The number of carbonyl (C=O) groups is 2. The Morgan fingerprint density at radius 2 is 1.78 bits per heavy atom. The zero-order chi connectivity index (χ0) is 20.1. The Kier molecular flexibility index (Phi) is 7.25. The molecule has 0 aromatic heterocycles. The number of rotatable bonds is 6. The maximum atomic E-state index is 12.5. The summed E-state index contributed by atoms with van der Waals surface area (Å²) in [7, 11) is 1.71. The summed E-state index contributed by atoms with van der Waals surface area (Å²) in [6, 6.07) is 10.1. The topological polar surface area (TPSA) is 61.4 Å². The van der Waals surface area contributed by atoms with Gasteiger partial charge < -0.3 is 10.6 Å². The molecular formula is C20H23Cl2N3O2. The normalized spacial score (nSPS) is 12.0. The molecule has 144 valence electrons. The molecule has 7 heteroatoms. The van der Waals surface area contributed by atoms with Crippen LogP contribution in [-0.2, 0) is 9.59 Å². The lowest BCUT2D eigenvalue weighted by Gasteiger charge is -2.23. The molecule has 0 spiro atoms. The van der Waals surface area contributed by atoms with E-state index < -0.39 is 6.04 Å². The van der Waals surface area contributed by atoms with Gasteiger partial charge in [0.25, 0.3) is 0 Å². The minimum Gasteiger partial charge on any atom is -0.325 e. The largest absolute Gasteiger partial charge is 0.325 e. The summed E-state index contributed by atoms with van der Waals surface area (Å²) < 4.78 is 0. The van der Waals surface area contributed by atoms with Crippen LogP contribution in [-0.4, -0.2) is 36.3 Å². The van der Waals surface area contributed by atoms with Crippen molar-refractivity contribution < 1.29 is 9.59 Å². The first-order valence-electron chi connectivity index (χ1n) is 8.51. The smallest absolute Gasteiger partial charge is 0.241 e. The first-order chi connectivity index (χ1) is 12.7. The van der Waals surface area contributed by atoms with Gasteiger partial charge in [-0.05, 0) is 63.2 Å². The zero-order valence-electron chi connectivity index (χ0n) is 15.8. The van der Waals surface area contributed by atoms with E-state index in [9.17, 15) is 9.59 Å². The van der Waals surface area contributed by atoms with Crippen LogP contribution in [0.15, 0.2) is 36.4 Å². The van der Waals surface area contributed by atoms with E-state index in [1.165, 1.54) is 0 Å². The standard InChI is InChI=1S/C20H23Cl2N3O2/c1-12-6-5-7-17(13(12)2)23-19(26)11-25(4)14(3)20(27)24-18-10-15(21)8-9-16(18)22/h5-10,14H,11H2,1-4H3,(H,23,26)(H,24,27). The molecule has 1 atom stereocenters. The Morgan fingerprint density at radius 3 is 2.48 bits per heavy atom. The van der Waals surface area contributed by atoms with Gasteiger partial charge >= 0.3 is 0 Å². The van der Waals surface area contributed by atoms with Crippen LogP contribution in [0.25, 0.3) is 0 Å². The maximum absolute atomic E-state index is 12.5. The summed E-state index contributed by atoms with van der Waals surface area (Å²) in [4.78, 5) is 26.5. The molecule has 0 heterocycles. The first kappa shape index (κ1) is 21.2. The Bertz CT molecular complexity index is 855. The maximum Gasteiger partial charge on any atom is 0.241 e. The van der Waals surface area contributed by atoms with Crippen molar-refractivity contribution in [1.29, 1.82) is 0 Å². The van der Waals surface area contributed by atoms with E-state index >= 15 is 0 Å². The van der Waals surface area contributed by atoms with Crippen LogP contribution in [0.3, 0.4) is 0 Å². The number of nitrogens with one attached hydrogen (secondary N) is 2. The highest BCUT2D eigenvalue weighted by atomic mass is 35.5. The number of halogens is 2. The van der Waals surface area contributed by atoms with Crippen LogP contribution < -0.4 is 10.6 Å². The Hall–Kier alpha value is -2.08. The Labute approximate surface area is 169 Å². The minimum atomic E-state index is -0.538. The van der Waals surface area contributed by atoms with Crippen molar-refractivity contribution in [2.24, 2.45) is 0 Å². The molecule has 0 bridgehead atoms. The summed E-state index contributed by atoms with van der Waals surface area (Å²) in [5.41, 5.74) is 3.34. The highest BCUT2D eigenvalue weighted by Crippen LogP contribution is 2.25. The van der Waals surface area contributed by atoms with Crippen LogP contribution in [0.1, 0.15) is 18.1 Å². The van der Waals surface area contributed by atoms with E-state index in [0.29, 0.717) is 15.7 Å². The summed E-state index contributed by atoms with van der Waals surface area (Å²) >= 11 is 12.0. The van der Waals surface area contributed by atoms with Gasteiger partial charge in [0, 0.05) is 10.7 Å². The second-order valence-electron chi connectivity index (χ2n) is 6.50. The zero-order valence-corrected chi connectivity index (χ0v) is 17.3. The number of aryl methyl sites for hydroxylation is 1. The van der Waals surface area contributed by atoms with Gasteiger partial charge in [-0.3, -0.25) is 14.5 Å². The Balaban J connectivity index is 1.96. The van der Waals surface area contributed by atoms with Crippen molar-refractivity contribution in [1.82, 2.24) is 4.90 Å². The fraction of sp³-hybridized carbons (Fsp3) is 0.300. The summed E-state index contributed by atoms with van der Waals surface area (Å²) in [6.45, 7) is 5.74.